The number of carbonyl (C=O) groups is 1. The number of aliphatic hydroxyl groups is 2. The van der Waals surface area contributed by atoms with Crippen LogP contribution in [0.2, 0.25) is 0 Å². The van der Waals surface area contributed by atoms with E-state index in [1.54, 1.807) is 6.07 Å². The van der Waals surface area contributed by atoms with Crippen LogP contribution in [0.15, 0.2) is 18.5 Å². The maximum absolute atomic E-state index is 11.9. The van der Waals surface area contributed by atoms with Crippen LogP contribution in [0.5, 0.6) is 0 Å². The Morgan fingerprint density at radius 1 is 1.35 bits per heavy atom. The molecule has 2 fully saturated rings. The van der Waals surface area contributed by atoms with Gasteiger partial charge in [0.05, 0.1) is 12.3 Å². The lowest BCUT2D eigenvalue weighted by Gasteiger charge is -2.42. The smallest absolute Gasteiger partial charge is 0.434 e. The van der Waals surface area contributed by atoms with E-state index < -0.39 is 36.7 Å². The normalized spacial score (nSPS) is 30.0. The standard InChI is InChI=1S/C20H25N5O6/c1-19(2)5-11(6-19)7-29-18(28)30-8-13-15(26)16(27)20(9-21,31-13)14-4-3-12-17(22)23-10-24-25(12)14/h3-4,10-11,13,15-16,26-27H,5-8H2,1-2H3,(H2,22,23,24)/t13-,15-,16-,20+/m1/s1. The van der Waals surface area contributed by atoms with Crippen molar-refractivity contribution in [1.29, 1.82) is 5.26 Å². The number of nitrogens with two attached hydrogens (primary N) is 1. The first-order valence-electron chi connectivity index (χ1n) is 10.0. The van der Waals surface area contributed by atoms with Crippen LogP contribution in [0.25, 0.3) is 5.52 Å². The average Bonchev–Trinajstić information content (AvgIpc) is 3.25. The number of nitrogens with zero attached hydrogens (tertiary/aromatic N) is 4. The molecule has 1 aliphatic heterocycles. The molecule has 0 bridgehead atoms. The molecule has 3 heterocycles. The number of aromatic nitrogens is 3. The van der Waals surface area contributed by atoms with Gasteiger partial charge in [-0.3, -0.25) is 0 Å². The monoisotopic (exact) mass is 431 g/mol. The van der Waals surface area contributed by atoms with E-state index in [0.717, 1.165) is 12.8 Å². The first-order chi connectivity index (χ1) is 14.7. The minimum Gasteiger partial charge on any atom is -0.434 e. The molecule has 0 spiro atoms. The van der Waals surface area contributed by atoms with E-state index in [4.69, 9.17) is 19.9 Å². The van der Waals surface area contributed by atoms with Crippen molar-refractivity contribution in [2.75, 3.05) is 18.9 Å². The van der Waals surface area contributed by atoms with Gasteiger partial charge in [0.25, 0.3) is 0 Å². The zero-order valence-corrected chi connectivity index (χ0v) is 17.3. The number of aliphatic hydroxyl groups excluding tert-OH is 2. The second-order valence-corrected chi connectivity index (χ2v) is 8.91. The summed E-state index contributed by atoms with van der Waals surface area (Å²) in [6.45, 7) is 4.18. The fourth-order valence-electron chi connectivity index (χ4n) is 4.55. The lowest BCUT2D eigenvalue weighted by atomic mass is 9.65. The molecular formula is C20H25N5O6. The first kappa shape index (κ1) is 21.3. The lowest BCUT2D eigenvalue weighted by molar-refractivity contribution is -0.0747. The summed E-state index contributed by atoms with van der Waals surface area (Å²) in [5, 5.41) is 35.0. The number of hydrogen-bond acceptors (Lipinski definition) is 10. The third kappa shape index (κ3) is 3.67. The SMILES string of the molecule is CC1(C)CC(COC(=O)OC[C@H]2O[C@@](C#N)(c3ccc4c(N)ncnn34)[C@H](O)[C@@H]2O)C1. The van der Waals surface area contributed by atoms with Gasteiger partial charge in [-0.05, 0) is 36.3 Å². The molecule has 11 heteroatoms. The highest BCUT2D eigenvalue weighted by molar-refractivity contribution is 5.66. The van der Waals surface area contributed by atoms with Gasteiger partial charge in [-0.2, -0.15) is 10.4 Å². The number of nitrogen functional groups attached to an aromatic ring is 1. The summed E-state index contributed by atoms with van der Waals surface area (Å²) in [6.07, 6.45) is -1.98. The van der Waals surface area contributed by atoms with Gasteiger partial charge >= 0.3 is 6.16 Å². The third-order valence-electron chi connectivity index (χ3n) is 5.97. The summed E-state index contributed by atoms with van der Waals surface area (Å²) in [5.41, 5.74) is 4.74. The molecule has 166 valence electrons. The van der Waals surface area contributed by atoms with E-state index in [1.807, 2.05) is 6.07 Å². The van der Waals surface area contributed by atoms with Gasteiger partial charge in [-0.15, -0.1) is 0 Å². The summed E-state index contributed by atoms with van der Waals surface area (Å²) in [5.74, 6) is 0.487. The number of ether oxygens (including phenoxy) is 3. The van der Waals surface area contributed by atoms with Crippen molar-refractivity contribution in [3.63, 3.8) is 0 Å². The van der Waals surface area contributed by atoms with Crippen LogP contribution in [0.3, 0.4) is 0 Å². The predicted molar refractivity (Wildman–Crippen MR) is 105 cm³/mol. The highest BCUT2D eigenvalue weighted by Gasteiger charge is 2.57. The Kier molecular flexibility index (Phi) is 5.25. The second-order valence-electron chi connectivity index (χ2n) is 8.91. The minimum atomic E-state index is -1.94. The third-order valence-corrected chi connectivity index (χ3v) is 5.97. The number of nitriles is 1. The van der Waals surface area contributed by atoms with E-state index in [2.05, 4.69) is 23.9 Å². The van der Waals surface area contributed by atoms with Crippen LogP contribution in [0.4, 0.5) is 10.6 Å². The predicted octanol–water partition coefficient (Wildman–Crippen LogP) is 0.740. The molecule has 0 aromatic carbocycles. The zero-order valence-electron chi connectivity index (χ0n) is 17.3. The van der Waals surface area contributed by atoms with Crippen LogP contribution in [-0.4, -0.2) is 62.5 Å². The fraction of sp³-hybridized carbons (Fsp3) is 0.600. The molecule has 0 radical (unpaired) electrons. The second kappa shape index (κ2) is 7.64. The zero-order chi connectivity index (χ0) is 22.4. The van der Waals surface area contributed by atoms with Gasteiger partial charge in [-0.1, -0.05) is 13.8 Å². The van der Waals surface area contributed by atoms with E-state index in [9.17, 15) is 20.3 Å². The molecule has 2 aromatic rings. The van der Waals surface area contributed by atoms with Crippen LogP contribution in [-0.2, 0) is 19.8 Å². The van der Waals surface area contributed by atoms with Crippen LogP contribution in [0.1, 0.15) is 32.4 Å². The van der Waals surface area contributed by atoms with E-state index in [-0.39, 0.29) is 23.5 Å². The molecule has 4 atom stereocenters. The minimum absolute atomic E-state index is 0.170. The average molecular weight is 431 g/mol. The summed E-state index contributed by atoms with van der Waals surface area (Å²) in [6, 6.07) is 5.02. The van der Waals surface area contributed by atoms with E-state index in [0.29, 0.717) is 11.4 Å². The van der Waals surface area contributed by atoms with Gasteiger partial charge < -0.3 is 30.2 Å². The van der Waals surface area contributed by atoms with Gasteiger partial charge in [0, 0.05) is 0 Å². The maximum Gasteiger partial charge on any atom is 0.508 e. The van der Waals surface area contributed by atoms with Crippen molar-refractivity contribution < 1.29 is 29.2 Å². The quantitative estimate of drug-likeness (QED) is 0.575. The summed E-state index contributed by atoms with van der Waals surface area (Å²) in [4.78, 5) is 15.8. The molecule has 4 N–H and O–H groups in total. The topological polar surface area (TPSA) is 165 Å². The summed E-state index contributed by atoms with van der Waals surface area (Å²) in [7, 11) is 0. The van der Waals surface area contributed by atoms with Gasteiger partial charge in [0.15, 0.2) is 5.82 Å². The molecule has 11 nitrogen and oxygen atoms in total. The highest BCUT2D eigenvalue weighted by Crippen LogP contribution is 2.44. The number of hydrogen-bond donors (Lipinski definition) is 3. The molecule has 1 saturated carbocycles. The van der Waals surface area contributed by atoms with Crippen molar-refractivity contribution in [2.45, 2.75) is 50.6 Å². The Labute approximate surface area is 178 Å². The Morgan fingerprint density at radius 3 is 2.74 bits per heavy atom. The van der Waals surface area contributed by atoms with Crippen LogP contribution in [0, 0.1) is 22.7 Å². The number of anilines is 1. The Bertz CT molecular complexity index is 1020. The van der Waals surface area contributed by atoms with Crippen molar-refractivity contribution >= 4 is 17.5 Å². The molecule has 1 aliphatic carbocycles. The molecule has 4 rings (SSSR count). The van der Waals surface area contributed by atoms with Crippen molar-refractivity contribution in [1.82, 2.24) is 14.6 Å². The van der Waals surface area contributed by atoms with Crippen molar-refractivity contribution in [3.8, 4) is 6.07 Å². The van der Waals surface area contributed by atoms with Crippen molar-refractivity contribution in [3.05, 3.63) is 24.2 Å². The molecule has 31 heavy (non-hydrogen) atoms. The number of carbonyl (C=O) groups excluding carboxylic acids is 1. The lowest BCUT2D eigenvalue weighted by Crippen LogP contribution is -2.41. The first-order valence-corrected chi connectivity index (χ1v) is 10.0. The molecular weight excluding hydrogens is 406 g/mol. The summed E-state index contributed by atoms with van der Waals surface area (Å²) < 4.78 is 17.2. The van der Waals surface area contributed by atoms with E-state index >= 15 is 0 Å². The summed E-state index contributed by atoms with van der Waals surface area (Å²) >= 11 is 0. The van der Waals surface area contributed by atoms with Gasteiger partial charge in [-0.25, -0.2) is 14.3 Å². The number of rotatable bonds is 5. The van der Waals surface area contributed by atoms with Gasteiger partial charge in [0.1, 0.15) is 42.8 Å². The Morgan fingerprint density at radius 2 is 2.06 bits per heavy atom. The molecule has 0 unspecified atom stereocenters. The Hall–Kier alpha value is -2.94. The van der Waals surface area contributed by atoms with Crippen LogP contribution >= 0.6 is 0 Å². The van der Waals surface area contributed by atoms with Crippen LogP contribution < -0.4 is 5.73 Å². The molecule has 2 aliphatic rings. The highest BCUT2D eigenvalue weighted by atomic mass is 16.7. The molecule has 0 amide bonds. The molecule has 2 aromatic heterocycles. The largest absolute Gasteiger partial charge is 0.508 e. The van der Waals surface area contributed by atoms with E-state index in [1.165, 1.54) is 16.9 Å². The number of fused-ring (bicyclic) bond motifs is 1. The van der Waals surface area contributed by atoms with Crippen molar-refractivity contribution in [2.24, 2.45) is 11.3 Å². The maximum atomic E-state index is 11.9. The van der Waals surface area contributed by atoms with Gasteiger partial charge in [0.2, 0.25) is 5.60 Å². The Balaban J connectivity index is 1.42. The molecule has 1 saturated heterocycles. The fourth-order valence-corrected chi connectivity index (χ4v) is 4.55.